The molecule has 0 unspecified atom stereocenters. The smallest absolute Gasteiger partial charge is 0.247 e. The fourth-order valence-electron chi connectivity index (χ4n) is 1.61. The number of nitrogens with two attached hydrogens (primary N) is 1. The lowest BCUT2D eigenvalue weighted by molar-refractivity contribution is 0.349. The zero-order valence-corrected chi connectivity index (χ0v) is 10.6. The SMILES string of the molecule is CCO[Si](CCCN)c1ccccc1C. The minimum atomic E-state index is -0.846. The molecule has 0 spiro atoms. The van der Waals surface area contributed by atoms with Gasteiger partial charge in [-0.05, 0) is 43.6 Å². The van der Waals surface area contributed by atoms with Crippen LogP contribution in [0.2, 0.25) is 6.04 Å². The summed E-state index contributed by atoms with van der Waals surface area (Å²) < 4.78 is 5.86. The van der Waals surface area contributed by atoms with Crippen LogP contribution < -0.4 is 10.9 Å². The fraction of sp³-hybridized carbons (Fsp3) is 0.500. The van der Waals surface area contributed by atoms with E-state index in [2.05, 4.69) is 38.1 Å². The highest BCUT2D eigenvalue weighted by Crippen LogP contribution is 2.04. The normalized spacial score (nSPS) is 10.9. The Labute approximate surface area is 94.2 Å². The van der Waals surface area contributed by atoms with Gasteiger partial charge in [-0.3, -0.25) is 0 Å². The second-order valence-electron chi connectivity index (χ2n) is 3.56. The molecular formula is C12H20NOSi. The predicted octanol–water partition coefficient (Wildman–Crippen LogP) is 1.58. The van der Waals surface area contributed by atoms with Crippen LogP contribution in [0.3, 0.4) is 0 Å². The van der Waals surface area contributed by atoms with Crippen LogP contribution >= 0.6 is 0 Å². The van der Waals surface area contributed by atoms with E-state index in [4.69, 9.17) is 10.2 Å². The van der Waals surface area contributed by atoms with Crippen LogP contribution in [0.5, 0.6) is 0 Å². The molecule has 0 fully saturated rings. The third-order valence-electron chi connectivity index (χ3n) is 2.37. The van der Waals surface area contributed by atoms with Crippen LogP contribution in [-0.2, 0) is 4.43 Å². The lowest BCUT2D eigenvalue weighted by Gasteiger charge is -2.16. The average Bonchev–Trinajstić information content (AvgIpc) is 2.25. The Morgan fingerprint density at radius 1 is 1.33 bits per heavy atom. The maximum absolute atomic E-state index is 5.86. The molecule has 1 rings (SSSR count). The second kappa shape index (κ2) is 6.77. The molecule has 3 heteroatoms. The van der Waals surface area contributed by atoms with Gasteiger partial charge >= 0.3 is 0 Å². The van der Waals surface area contributed by atoms with Crippen molar-refractivity contribution in [2.45, 2.75) is 26.3 Å². The first kappa shape index (κ1) is 12.4. The van der Waals surface area contributed by atoms with Crippen molar-refractivity contribution in [2.75, 3.05) is 13.2 Å². The van der Waals surface area contributed by atoms with Gasteiger partial charge in [-0.25, -0.2) is 0 Å². The van der Waals surface area contributed by atoms with E-state index >= 15 is 0 Å². The van der Waals surface area contributed by atoms with E-state index in [1.54, 1.807) is 0 Å². The van der Waals surface area contributed by atoms with Crippen molar-refractivity contribution in [3.63, 3.8) is 0 Å². The Kier molecular flexibility index (Phi) is 5.61. The van der Waals surface area contributed by atoms with E-state index in [1.807, 2.05) is 0 Å². The van der Waals surface area contributed by atoms with Gasteiger partial charge in [0.2, 0.25) is 9.04 Å². The van der Waals surface area contributed by atoms with Gasteiger partial charge in [0, 0.05) is 6.61 Å². The van der Waals surface area contributed by atoms with Gasteiger partial charge in [0.25, 0.3) is 0 Å². The van der Waals surface area contributed by atoms with Crippen LogP contribution in [0.4, 0.5) is 0 Å². The van der Waals surface area contributed by atoms with Gasteiger partial charge in [-0.15, -0.1) is 0 Å². The lowest BCUT2D eigenvalue weighted by atomic mass is 10.2. The van der Waals surface area contributed by atoms with E-state index in [-0.39, 0.29) is 0 Å². The largest absolute Gasteiger partial charge is 0.412 e. The van der Waals surface area contributed by atoms with Gasteiger partial charge in [-0.2, -0.15) is 0 Å². The van der Waals surface area contributed by atoms with E-state index in [1.165, 1.54) is 10.8 Å². The Hall–Kier alpha value is -0.643. The molecular weight excluding hydrogens is 202 g/mol. The molecule has 0 aromatic heterocycles. The molecule has 2 N–H and O–H groups in total. The summed E-state index contributed by atoms with van der Waals surface area (Å²) in [6.45, 7) is 5.77. The number of rotatable bonds is 6. The molecule has 0 atom stereocenters. The monoisotopic (exact) mass is 222 g/mol. The van der Waals surface area contributed by atoms with E-state index in [0.717, 1.165) is 25.6 Å². The molecule has 0 aliphatic rings. The highest BCUT2D eigenvalue weighted by atomic mass is 28.3. The summed E-state index contributed by atoms with van der Waals surface area (Å²) in [6, 6.07) is 9.62. The lowest BCUT2D eigenvalue weighted by Crippen LogP contribution is -2.35. The van der Waals surface area contributed by atoms with Crippen LogP contribution in [0.15, 0.2) is 24.3 Å². The van der Waals surface area contributed by atoms with E-state index < -0.39 is 9.04 Å². The van der Waals surface area contributed by atoms with Crippen molar-refractivity contribution in [3.05, 3.63) is 29.8 Å². The Morgan fingerprint density at radius 2 is 2.07 bits per heavy atom. The first-order valence-corrected chi connectivity index (χ1v) is 7.15. The molecule has 0 heterocycles. The maximum atomic E-state index is 5.86. The average molecular weight is 222 g/mol. The van der Waals surface area contributed by atoms with E-state index in [9.17, 15) is 0 Å². The van der Waals surface area contributed by atoms with Gasteiger partial charge in [0.15, 0.2) is 0 Å². The zero-order chi connectivity index (χ0) is 11.1. The van der Waals surface area contributed by atoms with Gasteiger partial charge in [0.1, 0.15) is 0 Å². The Bertz CT molecular complexity index is 291. The minimum absolute atomic E-state index is 0.757. The molecule has 2 nitrogen and oxygen atoms in total. The topological polar surface area (TPSA) is 35.2 Å². The van der Waals surface area contributed by atoms with Gasteiger partial charge in [-0.1, -0.05) is 24.3 Å². The number of benzene rings is 1. The van der Waals surface area contributed by atoms with Gasteiger partial charge in [0.05, 0.1) is 0 Å². The Morgan fingerprint density at radius 3 is 2.67 bits per heavy atom. The van der Waals surface area contributed by atoms with Crippen molar-refractivity contribution in [1.29, 1.82) is 0 Å². The molecule has 0 bridgehead atoms. The third kappa shape index (κ3) is 3.78. The standard InChI is InChI=1S/C12H20NOSi/c1-3-14-15(10-6-9-13)12-8-5-4-7-11(12)2/h4-5,7-8H,3,6,9-10,13H2,1-2H3. The third-order valence-corrected chi connectivity index (χ3v) is 4.98. The van der Waals surface area contributed by atoms with Crippen molar-refractivity contribution in [1.82, 2.24) is 0 Å². The fourth-order valence-corrected chi connectivity index (χ4v) is 3.86. The molecule has 0 amide bonds. The van der Waals surface area contributed by atoms with Crippen molar-refractivity contribution in [2.24, 2.45) is 5.73 Å². The van der Waals surface area contributed by atoms with Gasteiger partial charge < -0.3 is 10.2 Å². The number of aryl methyl sites for hydroxylation is 1. The Balaban J connectivity index is 2.74. The van der Waals surface area contributed by atoms with Crippen molar-refractivity contribution >= 4 is 14.2 Å². The minimum Gasteiger partial charge on any atom is -0.412 e. The molecule has 0 saturated carbocycles. The quantitative estimate of drug-likeness (QED) is 0.742. The summed E-state index contributed by atoms with van der Waals surface area (Å²) in [5.74, 6) is 0. The summed E-state index contributed by atoms with van der Waals surface area (Å²) >= 11 is 0. The summed E-state index contributed by atoms with van der Waals surface area (Å²) in [5.41, 5.74) is 6.89. The summed E-state index contributed by atoms with van der Waals surface area (Å²) in [6.07, 6.45) is 1.06. The van der Waals surface area contributed by atoms with Crippen LogP contribution in [0.1, 0.15) is 18.9 Å². The molecule has 1 aromatic carbocycles. The molecule has 0 aliphatic carbocycles. The predicted molar refractivity (Wildman–Crippen MR) is 66.7 cm³/mol. The highest BCUT2D eigenvalue weighted by molar-refractivity contribution is 6.67. The maximum Gasteiger partial charge on any atom is 0.247 e. The zero-order valence-electron chi connectivity index (χ0n) is 9.62. The first-order valence-electron chi connectivity index (χ1n) is 5.54. The summed E-state index contributed by atoms with van der Waals surface area (Å²) in [4.78, 5) is 0. The molecule has 0 saturated heterocycles. The molecule has 0 aliphatic heterocycles. The van der Waals surface area contributed by atoms with Crippen LogP contribution in [0, 0.1) is 6.92 Å². The summed E-state index contributed by atoms with van der Waals surface area (Å²) in [7, 11) is -0.846. The second-order valence-corrected chi connectivity index (χ2v) is 5.74. The number of hydrogen-bond donors (Lipinski definition) is 1. The molecule has 83 valence electrons. The van der Waals surface area contributed by atoms with Crippen molar-refractivity contribution < 1.29 is 4.43 Å². The first-order chi connectivity index (χ1) is 7.29. The molecule has 1 aromatic rings. The molecule has 1 radical (unpaired) electrons. The molecule has 15 heavy (non-hydrogen) atoms. The summed E-state index contributed by atoms with van der Waals surface area (Å²) in [5, 5.41) is 1.40. The van der Waals surface area contributed by atoms with Crippen molar-refractivity contribution in [3.8, 4) is 0 Å². The van der Waals surface area contributed by atoms with E-state index in [0.29, 0.717) is 0 Å². The number of hydrogen-bond acceptors (Lipinski definition) is 2. The van der Waals surface area contributed by atoms with Crippen LogP contribution in [-0.4, -0.2) is 22.2 Å². The highest BCUT2D eigenvalue weighted by Gasteiger charge is 2.16. The van der Waals surface area contributed by atoms with Crippen LogP contribution in [0.25, 0.3) is 0 Å².